The maximum Gasteiger partial charge on any atom is 0.411 e. The van der Waals surface area contributed by atoms with Crippen LogP contribution >= 0.6 is 0 Å². The summed E-state index contributed by atoms with van der Waals surface area (Å²) >= 11 is 0. The number of nitrogens with zero attached hydrogens (tertiary/aromatic N) is 1. The molecular weight excluding hydrogens is 460 g/mol. The number of rotatable bonds is 12. The number of anilines is 1. The summed E-state index contributed by atoms with van der Waals surface area (Å²) in [4.78, 5) is 34.1. The fourth-order valence-electron chi connectivity index (χ4n) is 3.71. The Labute approximate surface area is 209 Å². The van der Waals surface area contributed by atoms with Crippen LogP contribution in [-0.4, -0.2) is 39.9 Å². The van der Waals surface area contributed by atoms with Crippen molar-refractivity contribution in [3.05, 3.63) is 90.0 Å². The van der Waals surface area contributed by atoms with Crippen molar-refractivity contribution in [2.45, 2.75) is 38.7 Å². The Morgan fingerprint density at radius 3 is 2.31 bits per heavy atom. The molecule has 3 aromatic carbocycles. The number of carboxylic acids is 1. The zero-order valence-corrected chi connectivity index (χ0v) is 19.9. The minimum absolute atomic E-state index is 0.158. The number of carbonyl (C=O) groups is 3. The average Bonchev–Trinajstić information content (AvgIpc) is 2.88. The number of hydrogen-bond donors (Lipinski definition) is 3. The topological polar surface area (TPSA) is 116 Å². The monoisotopic (exact) mass is 490 g/mol. The number of carbonyl (C=O) groups excluding carboxylic acids is 2. The SMILES string of the molecule is O=C(O)/C=C/C(=O)N(O)CCCCCCc1ccc(COC(=O)Nc2cccc3ccccc23)cc1. The molecule has 0 spiro atoms. The van der Waals surface area contributed by atoms with E-state index in [9.17, 15) is 19.6 Å². The van der Waals surface area contributed by atoms with Gasteiger partial charge in [0.15, 0.2) is 0 Å². The van der Waals surface area contributed by atoms with Gasteiger partial charge in [0.2, 0.25) is 0 Å². The van der Waals surface area contributed by atoms with E-state index in [1.807, 2.05) is 66.7 Å². The van der Waals surface area contributed by atoms with E-state index in [0.29, 0.717) is 23.2 Å². The molecule has 0 fully saturated rings. The van der Waals surface area contributed by atoms with Gasteiger partial charge in [0.25, 0.3) is 5.91 Å². The molecule has 3 rings (SSSR count). The van der Waals surface area contributed by atoms with Gasteiger partial charge in [0.1, 0.15) is 6.61 Å². The van der Waals surface area contributed by atoms with Gasteiger partial charge in [-0.3, -0.25) is 15.3 Å². The molecule has 0 bridgehead atoms. The quantitative estimate of drug-likeness (QED) is 0.133. The molecule has 0 aliphatic carbocycles. The van der Waals surface area contributed by atoms with E-state index < -0.39 is 18.0 Å². The molecule has 0 saturated heterocycles. The summed E-state index contributed by atoms with van der Waals surface area (Å²) in [5.41, 5.74) is 2.79. The highest BCUT2D eigenvalue weighted by atomic mass is 16.5. The van der Waals surface area contributed by atoms with Gasteiger partial charge in [-0.2, -0.15) is 0 Å². The first-order valence-electron chi connectivity index (χ1n) is 11.8. The Balaban J connectivity index is 1.32. The fourth-order valence-corrected chi connectivity index (χ4v) is 3.71. The minimum atomic E-state index is -1.24. The van der Waals surface area contributed by atoms with Crippen LogP contribution in [0.2, 0.25) is 0 Å². The number of aliphatic carboxylic acids is 1. The van der Waals surface area contributed by atoms with Gasteiger partial charge in [0, 0.05) is 24.1 Å². The van der Waals surface area contributed by atoms with Crippen LogP contribution in [0.5, 0.6) is 0 Å². The molecule has 3 aromatic rings. The number of carboxylic acid groups (broad SMARTS) is 1. The maximum absolute atomic E-state index is 12.3. The third-order valence-electron chi connectivity index (χ3n) is 5.63. The van der Waals surface area contributed by atoms with Gasteiger partial charge in [-0.1, -0.05) is 73.5 Å². The number of fused-ring (bicyclic) bond motifs is 1. The molecule has 0 aliphatic heterocycles. The molecule has 8 heteroatoms. The van der Waals surface area contributed by atoms with E-state index in [1.54, 1.807) is 0 Å². The zero-order chi connectivity index (χ0) is 25.8. The molecule has 36 heavy (non-hydrogen) atoms. The number of unbranched alkanes of at least 4 members (excludes halogenated alkanes) is 3. The molecule has 188 valence electrons. The van der Waals surface area contributed by atoms with E-state index in [0.717, 1.165) is 48.1 Å². The number of hydroxylamine groups is 2. The third kappa shape index (κ3) is 8.56. The van der Waals surface area contributed by atoms with Gasteiger partial charge in [-0.15, -0.1) is 0 Å². The molecule has 0 saturated carbocycles. The number of aryl methyl sites for hydroxylation is 1. The highest BCUT2D eigenvalue weighted by molar-refractivity contribution is 6.00. The number of ether oxygens (including phenoxy) is 1. The van der Waals surface area contributed by atoms with Crippen LogP contribution in [0, 0.1) is 0 Å². The first-order chi connectivity index (χ1) is 17.4. The first-order valence-corrected chi connectivity index (χ1v) is 11.8. The van der Waals surface area contributed by atoms with Gasteiger partial charge >= 0.3 is 12.1 Å². The second-order valence-electron chi connectivity index (χ2n) is 8.34. The molecular formula is C28H30N2O6. The van der Waals surface area contributed by atoms with Crippen molar-refractivity contribution in [3.8, 4) is 0 Å². The van der Waals surface area contributed by atoms with Crippen LogP contribution in [0.1, 0.15) is 36.8 Å². The van der Waals surface area contributed by atoms with Gasteiger partial charge in [0.05, 0.1) is 5.69 Å². The van der Waals surface area contributed by atoms with Crippen LogP contribution < -0.4 is 5.32 Å². The highest BCUT2D eigenvalue weighted by Gasteiger charge is 2.08. The van der Waals surface area contributed by atoms with Crippen molar-refractivity contribution in [1.29, 1.82) is 0 Å². The summed E-state index contributed by atoms with van der Waals surface area (Å²) in [7, 11) is 0. The molecule has 0 heterocycles. The third-order valence-corrected chi connectivity index (χ3v) is 5.63. The lowest BCUT2D eigenvalue weighted by molar-refractivity contribution is -0.159. The van der Waals surface area contributed by atoms with Crippen LogP contribution in [0.4, 0.5) is 10.5 Å². The fraction of sp³-hybridized carbons (Fsp3) is 0.250. The molecule has 8 nitrogen and oxygen atoms in total. The summed E-state index contributed by atoms with van der Waals surface area (Å²) in [5, 5.41) is 23.4. The van der Waals surface area contributed by atoms with Crippen LogP contribution in [0.15, 0.2) is 78.9 Å². The Kier molecular flexibility index (Phi) is 10.0. The molecule has 0 radical (unpaired) electrons. The number of amides is 2. The Morgan fingerprint density at radius 1 is 0.833 bits per heavy atom. The second kappa shape index (κ2) is 13.7. The highest BCUT2D eigenvalue weighted by Crippen LogP contribution is 2.23. The molecule has 0 atom stereocenters. The van der Waals surface area contributed by atoms with Crippen molar-refractivity contribution in [2.75, 3.05) is 11.9 Å². The lowest BCUT2D eigenvalue weighted by Crippen LogP contribution is -2.26. The Morgan fingerprint density at radius 2 is 1.53 bits per heavy atom. The van der Waals surface area contributed by atoms with Crippen LogP contribution in [-0.2, 0) is 27.4 Å². The smallest absolute Gasteiger partial charge is 0.411 e. The van der Waals surface area contributed by atoms with Crippen molar-refractivity contribution < 1.29 is 29.4 Å². The average molecular weight is 491 g/mol. The van der Waals surface area contributed by atoms with Gasteiger partial charge in [-0.05, 0) is 41.8 Å². The largest absolute Gasteiger partial charge is 0.478 e. The first kappa shape index (κ1) is 26.4. The number of nitrogens with one attached hydrogen (secondary N) is 1. The summed E-state index contributed by atoms with van der Waals surface area (Å²) in [6.45, 7) is 0.334. The summed E-state index contributed by atoms with van der Waals surface area (Å²) < 4.78 is 5.38. The molecule has 3 N–H and O–H groups in total. The molecule has 2 amide bonds. The number of hydrogen-bond acceptors (Lipinski definition) is 5. The second-order valence-corrected chi connectivity index (χ2v) is 8.34. The summed E-state index contributed by atoms with van der Waals surface area (Å²) in [6.07, 6.45) is 5.28. The molecule has 0 unspecified atom stereocenters. The Bertz CT molecular complexity index is 1200. The van der Waals surface area contributed by atoms with Crippen molar-refractivity contribution in [3.63, 3.8) is 0 Å². The predicted molar refractivity (Wildman–Crippen MR) is 137 cm³/mol. The zero-order valence-electron chi connectivity index (χ0n) is 19.9. The van der Waals surface area contributed by atoms with Gasteiger partial charge in [-0.25, -0.2) is 14.7 Å². The van der Waals surface area contributed by atoms with E-state index in [4.69, 9.17) is 9.84 Å². The van der Waals surface area contributed by atoms with Crippen molar-refractivity contribution >= 4 is 34.4 Å². The summed E-state index contributed by atoms with van der Waals surface area (Å²) in [5.74, 6) is -1.98. The minimum Gasteiger partial charge on any atom is -0.478 e. The summed E-state index contributed by atoms with van der Waals surface area (Å²) in [6, 6.07) is 21.5. The molecule has 0 aromatic heterocycles. The van der Waals surface area contributed by atoms with Crippen LogP contribution in [0.25, 0.3) is 10.8 Å². The Hall–Kier alpha value is -4.17. The molecule has 0 aliphatic rings. The van der Waals surface area contributed by atoms with Gasteiger partial charge < -0.3 is 9.84 Å². The van der Waals surface area contributed by atoms with E-state index >= 15 is 0 Å². The van der Waals surface area contributed by atoms with E-state index in [-0.39, 0.29) is 13.2 Å². The lowest BCUT2D eigenvalue weighted by Gasteiger charge is -2.12. The van der Waals surface area contributed by atoms with Crippen molar-refractivity contribution in [2.24, 2.45) is 0 Å². The predicted octanol–water partition coefficient (Wildman–Crippen LogP) is 5.55. The van der Waals surface area contributed by atoms with Crippen LogP contribution in [0.3, 0.4) is 0 Å². The normalized spacial score (nSPS) is 10.9. The number of benzene rings is 3. The van der Waals surface area contributed by atoms with E-state index in [1.165, 1.54) is 5.56 Å². The standard InChI is InChI=1S/C28H30N2O6/c31-26(17-18-27(32)33)30(35)19-6-2-1-3-8-21-13-15-22(16-14-21)20-36-28(34)29-25-12-7-10-23-9-4-5-11-24(23)25/h4-5,7,9-18,35H,1-3,6,8,19-20H2,(H,29,34)(H,32,33)/b18-17+. The maximum atomic E-state index is 12.3. The lowest BCUT2D eigenvalue weighted by atomic mass is 10.0. The van der Waals surface area contributed by atoms with Crippen molar-refractivity contribution in [1.82, 2.24) is 5.06 Å². The van der Waals surface area contributed by atoms with E-state index in [2.05, 4.69) is 5.32 Å².